The molecule has 3 amide bonds. The molecule has 2 atom stereocenters. The van der Waals surface area contributed by atoms with Gasteiger partial charge in [-0.3, -0.25) is 9.59 Å². The maximum atomic E-state index is 11.6. The van der Waals surface area contributed by atoms with Gasteiger partial charge in [-0.15, -0.1) is 0 Å². The Balaban J connectivity index is 4.23. The lowest BCUT2D eigenvalue weighted by Gasteiger charge is -2.19. The topological polar surface area (TPSA) is 108 Å². The number of rotatable bonds is 7. The van der Waals surface area contributed by atoms with Gasteiger partial charge in [-0.2, -0.15) is 0 Å². The van der Waals surface area contributed by atoms with Gasteiger partial charge in [-0.05, 0) is 26.7 Å². The molecule has 116 valence electrons. The highest BCUT2D eigenvalue weighted by atomic mass is 16.4. The van der Waals surface area contributed by atoms with Gasteiger partial charge in [0.2, 0.25) is 5.91 Å². The predicted molar refractivity (Wildman–Crippen MR) is 75.2 cm³/mol. The molecule has 2 unspecified atom stereocenters. The van der Waals surface area contributed by atoms with Crippen molar-refractivity contribution in [1.29, 1.82) is 0 Å². The number of nitrogens with one attached hydrogen (secondary N) is 3. The van der Waals surface area contributed by atoms with Crippen LogP contribution in [0.4, 0.5) is 4.79 Å². The highest BCUT2D eigenvalue weighted by molar-refractivity contribution is 5.86. The summed E-state index contributed by atoms with van der Waals surface area (Å²) in [5.74, 6) is -1.98. The minimum Gasteiger partial charge on any atom is -0.481 e. The van der Waals surface area contributed by atoms with E-state index in [2.05, 4.69) is 16.0 Å². The molecule has 0 saturated heterocycles. The highest BCUT2D eigenvalue weighted by Gasteiger charge is 2.23. The van der Waals surface area contributed by atoms with Crippen LogP contribution in [0.2, 0.25) is 0 Å². The number of carbonyl (C=O) groups excluding carboxylic acids is 2. The van der Waals surface area contributed by atoms with Crippen LogP contribution in [0, 0.1) is 11.8 Å². The van der Waals surface area contributed by atoms with E-state index in [-0.39, 0.29) is 24.4 Å². The predicted octanol–water partition coefficient (Wildman–Crippen LogP) is 0.556. The van der Waals surface area contributed by atoms with E-state index in [0.29, 0.717) is 0 Å². The van der Waals surface area contributed by atoms with E-state index in [1.807, 2.05) is 13.8 Å². The van der Waals surface area contributed by atoms with Crippen molar-refractivity contribution >= 4 is 17.9 Å². The monoisotopic (exact) mass is 287 g/mol. The summed E-state index contributed by atoms with van der Waals surface area (Å²) in [5.41, 5.74) is 0. The molecule has 20 heavy (non-hydrogen) atoms. The van der Waals surface area contributed by atoms with E-state index < -0.39 is 24.0 Å². The van der Waals surface area contributed by atoms with E-state index in [9.17, 15) is 14.4 Å². The number of carboxylic acid groups (broad SMARTS) is 1. The van der Waals surface area contributed by atoms with Crippen molar-refractivity contribution in [2.45, 2.75) is 46.7 Å². The second kappa shape index (κ2) is 8.39. The Labute approximate surface area is 119 Å². The van der Waals surface area contributed by atoms with Crippen LogP contribution in [-0.4, -0.2) is 41.6 Å². The fourth-order valence-corrected chi connectivity index (χ4v) is 1.53. The zero-order valence-corrected chi connectivity index (χ0v) is 12.7. The number of hydrogen-bond donors (Lipinski definition) is 4. The van der Waals surface area contributed by atoms with Crippen LogP contribution in [0.25, 0.3) is 0 Å². The normalized spacial score (nSPS) is 13.8. The molecule has 0 aliphatic rings. The molecule has 0 aliphatic carbocycles. The third-order valence-corrected chi connectivity index (χ3v) is 2.78. The molecule has 4 N–H and O–H groups in total. The largest absolute Gasteiger partial charge is 0.481 e. The summed E-state index contributed by atoms with van der Waals surface area (Å²) >= 11 is 0. The van der Waals surface area contributed by atoms with E-state index in [4.69, 9.17) is 5.11 Å². The van der Waals surface area contributed by atoms with E-state index >= 15 is 0 Å². The first-order valence-electron chi connectivity index (χ1n) is 6.72. The minimum absolute atomic E-state index is 0.00727. The number of carboxylic acids is 1. The van der Waals surface area contributed by atoms with Gasteiger partial charge in [0.05, 0.1) is 5.92 Å². The molecule has 0 aromatic heterocycles. The standard InChI is InChI=1S/C13H25N3O4/c1-7(2)10(12(18)19)6-14-13(20)16-9(5)11(17)15-8(3)4/h7-10H,6H2,1-5H3,(H,15,17)(H,18,19)(H2,14,16,20). The van der Waals surface area contributed by atoms with Crippen LogP contribution in [0.5, 0.6) is 0 Å². The minimum atomic E-state index is -0.953. The average Bonchev–Trinajstić information content (AvgIpc) is 2.26. The first-order chi connectivity index (χ1) is 9.15. The second-order valence-corrected chi connectivity index (χ2v) is 5.43. The van der Waals surface area contributed by atoms with Gasteiger partial charge in [0, 0.05) is 12.6 Å². The van der Waals surface area contributed by atoms with Crippen LogP contribution in [-0.2, 0) is 9.59 Å². The summed E-state index contributed by atoms with van der Waals surface area (Å²) in [5, 5.41) is 16.6. The molecular weight excluding hydrogens is 262 g/mol. The lowest BCUT2D eigenvalue weighted by atomic mass is 9.96. The zero-order valence-electron chi connectivity index (χ0n) is 12.7. The van der Waals surface area contributed by atoms with Gasteiger partial charge in [-0.1, -0.05) is 13.8 Å². The number of hydrogen-bond acceptors (Lipinski definition) is 3. The van der Waals surface area contributed by atoms with Gasteiger partial charge < -0.3 is 21.1 Å². The Bertz CT molecular complexity index is 356. The zero-order chi connectivity index (χ0) is 15.9. The molecule has 7 nitrogen and oxygen atoms in total. The van der Waals surface area contributed by atoms with Crippen molar-refractivity contribution in [3.63, 3.8) is 0 Å². The van der Waals surface area contributed by atoms with Crippen LogP contribution in [0.3, 0.4) is 0 Å². The van der Waals surface area contributed by atoms with Gasteiger partial charge >= 0.3 is 12.0 Å². The summed E-state index contributed by atoms with van der Waals surface area (Å²) in [6.07, 6.45) is 0. The van der Waals surface area contributed by atoms with Gasteiger partial charge in [-0.25, -0.2) is 4.79 Å². The number of carbonyl (C=O) groups is 3. The summed E-state index contributed by atoms with van der Waals surface area (Å²) in [7, 11) is 0. The Kier molecular flexibility index (Phi) is 7.64. The molecule has 0 aliphatic heterocycles. The van der Waals surface area contributed by atoms with E-state index in [1.54, 1.807) is 20.8 Å². The van der Waals surface area contributed by atoms with Gasteiger partial charge in [0.15, 0.2) is 0 Å². The molecule has 0 heterocycles. The lowest BCUT2D eigenvalue weighted by Crippen LogP contribution is -2.50. The number of urea groups is 1. The molecule has 0 bridgehead atoms. The van der Waals surface area contributed by atoms with E-state index in [0.717, 1.165) is 0 Å². The molecule has 0 aromatic rings. The summed E-state index contributed by atoms with van der Waals surface area (Å²) in [4.78, 5) is 34.2. The molecule has 7 heteroatoms. The van der Waals surface area contributed by atoms with Crippen molar-refractivity contribution in [1.82, 2.24) is 16.0 Å². The molecule has 0 saturated carbocycles. The van der Waals surface area contributed by atoms with Crippen LogP contribution in [0.15, 0.2) is 0 Å². The van der Waals surface area contributed by atoms with Crippen molar-refractivity contribution in [2.75, 3.05) is 6.54 Å². The average molecular weight is 287 g/mol. The SMILES string of the molecule is CC(C)NC(=O)C(C)NC(=O)NCC(C(=O)O)C(C)C. The fourth-order valence-electron chi connectivity index (χ4n) is 1.53. The van der Waals surface area contributed by atoms with Crippen LogP contribution in [0.1, 0.15) is 34.6 Å². The van der Waals surface area contributed by atoms with Crippen molar-refractivity contribution in [3.05, 3.63) is 0 Å². The number of amides is 3. The molecule has 0 rings (SSSR count). The Morgan fingerprint density at radius 1 is 1.00 bits per heavy atom. The third-order valence-electron chi connectivity index (χ3n) is 2.78. The molecule has 0 fully saturated rings. The second-order valence-electron chi connectivity index (χ2n) is 5.43. The summed E-state index contributed by atoms with van der Waals surface area (Å²) < 4.78 is 0. The first kappa shape index (κ1) is 18.2. The maximum Gasteiger partial charge on any atom is 0.315 e. The molecule has 0 radical (unpaired) electrons. The van der Waals surface area contributed by atoms with Crippen LogP contribution >= 0.6 is 0 Å². The highest BCUT2D eigenvalue weighted by Crippen LogP contribution is 2.09. The Morgan fingerprint density at radius 2 is 1.55 bits per heavy atom. The quantitative estimate of drug-likeness (QED) is 0.548. The third kappa shape index (κ3) is 6.96. The number of aliphatic carboxylic acids is 1. The smallest absolute Gasteiger partial charge is 0.315 e. The van der Waals surface area contributed by atoms with Gasteiger partial charge in [0.25, 0.3) is 0 Å². The lowest BCUT2D eigenvalue weighted by molar-refractivity contribution is -0.143. The molecule has 0 spiro atoms. The maximum absolute atomic E-state index is 11.6. The van der Waals surface area contributed by atoms with Crippen LogP contribution < -0.4 is 16.0 Å². The van der Waals surface area contributed by atoms with Gasteiger partial charge in [0.1, 0.15) is 6.04 Å². The van der Waals surface area contributed by atoms with Crippen molar-refractivity contribution in [2.24, 2.45) is 11.8 Å². The molecular formula is C13H25N3O4. The fraction of sp³-hybridized carbons (Fsp3) is 0.769. The summed E-state index contributed by atoms with van der Waals surface area (Å²) in [6.45, 7) is 8.79. The first-order valence-corrected chi connectivity index (χ1v) is 6.72. The van der Waals surface area contributed by atoms with Crippen molar-refractivity contribution in [3.8, 4) is 0 Å². The Hall–Kier alpha value is -1.79. The van der Waals surface area contributed by atoms with E-state index in [1.165, 1.54) is 0 Å². The summed E-state index contributed by atoms with van der Waals surface area (Å²) in [6, 6.07) is -1.24. The Morgan fingerprint density at radius 3 is 1.95 bits per heavy atom. The van der Waals surface area contributed by atoms with Crippen molar-refractivity contribution < 1.29 is 19.5 Å². The molecule has 0 aromatic carbocycles.